The van der Waals surface area contributed by atoms with Crippen LogP contribution in [0, 0.1) is 0 Å². The van der Waals surface area contributed by atoms with Crippen LogP contribution in [0.5, 0.6) is 5.75 Å². The molecule has 6 nitrogen and oxygen atoms in total. The van der Waals surface area contributed by atoms with E-state index in [0.717, 1.165) is 12.2 Å². The standard InChI is InChI=1S/C15H23N3O3S/c1-18(2)14(19)12-10-11(6-7-13(12)21-3)17-15(20)16-8-5-9-22-4/h6-7,10H,5,8-9H2,1-4H3,(H2,16,17,20). The Morgan fingerprint density at radius 1 is 1.32 bits per heavy atom. The number of hydrogen-bond acceptors (Lipinski definition) is 4. The zero-order valence-electron chi connectivity index (χ0n) is 13.4. The SMILES string of the molecule is COc1ccc(NC(=O)NCCCSC)cc1C(=O)N(C)C. The molecule has 0 unspecified atom stereocenters. The van der Waals surface area contributed by atoms with Crippen LogP contribution < -0.4 is 15.4 Å². The molecule has 0 atom stereocenters. The van der Waals surface area contributed by atoms with Crippen molar-refractivity contribution in [2.75, 3.05) is 45.1 Å². The number of thioether (sulfide) groups is 1. The number of benzene rings is 1. The molecule has 7 heteroatoms. The lowest BCUT2D eigenvalue weighted by molar-refractivity contribution is 0.0824. The van der Waals surface area contributed by atoms with Crippen molar-refractivity contribution in [1.82, 2.24) is 10.2 Å². The van der Waals surface area contributed by atoms with E-state index in [1.165, 1.54) is 12.0 Å². The summed E-state index contributed by atoms with van der Waals surface area (Å²) in [4.78, 5) is 25.4. The molecule has 0 radical (unpaired) electrons. The highest BCUT2D eigenvalue weighted by molar-refractivity contribution is 7.98. The van der Waals surface area contributed by atoms with Gasteiger partial charge in [0.25, 0.3) is 5.91 Å². The Bertz CT molecular complexity index is 521. The molecule has 22 heavy (non-hydrogen) atoms. The van der Waals surface area contributed by atoms with Crippen molar-refractivity contribution in [3.63, 3.8) is 0 Å². The van der Waals surface area contributed by atoms with Crippen molar-refractivity contribution in [3.8, 4) is 5.75 Å². The van der Waals surface area contributed by atoms with Crippen LogP contribution in [0.15, 0.2) is 18.2 Å². The van der Waals surface area contributed by atoms with Gasteiger partial charge in [-0.2, -0.15) is 11.8 Å². The van der Waals surface area contributed by atoms with Crippen LogP contribution >= 0.6 is 11.8 Å². The van der Waals surface area contributed by atoms with Crippen LogP contribution in [0.4, 0.5) is 10.5 Å². The Morgan fingerprint density at radius 3 is 2.64 bits per heavy atom. The quantitative estimate of drug-likeness (QED) is 0.755. The predicted octanol–water partition coefficient (Wildman–Crippen LogP) is 2.27. The van der Waals surface area contributed by atoms with Gasteiger partial charge >= 0.3 is 6.03 Å². The number of nitrogens with one attached hydrogen (secondary N) is 2. The predicted molar refractivity (Wildman–Crippen MR) is 91.0 cm³/mol. The number of amides is 3. The highest BCUT2D eigenvalue weighted by Gasteiger charge is 2.15. The summed E-state index contributed by atoms with van der Waals surface area (Å²) >= 11 is 1.74. The van der Waals surface area contributed by atoms with Gasteiger partial charge in [0.2, 0.25) is 0 Å². The average molecular weight is 325 g/mol. The van der Waals surface area contributed by atoms with Gasteiger partial charge in [-0.1, -0.05) is 0 Å². The average Bonchev–Trinajstić information content (AvgIpc) is 2.50. The number of hydrogen-bond donors (Lipinski definition) is 2. The van der Waals surface area contributed by atoms with E-state index < -0.39 is 0 Å². The molecule has 0 fully saturated rings. The Morgan fingerprint density at radius 2 is 2.05 bits per heavy atom. The number of anilines is 1. The van der Waals surface area contributed by atoms with Crippen LogP contribution in [-0.4, -0.2) is 56.6 Å². The maximum Gasteiger partial charge on any atom is 0.319 e. The van der Waals surface area contributed by atoms with Crippen LogP contribution in [0.1, 0.15) is 16.8 Å². The van der Waals surface area contributed by atoms with Crippen molar-refractivity contribution in [1.29, 1.82) is 0 Å². The van der Waals surface area contributed by atoms with E-state index in [4.69, 9.17) is 4.74 Å². The fourth-order valence-electron chi connectivity index (χ4n) is 1.79. The number of ether oxygens (including phenoxy) is 1. The minimum atomic E-state index is -0.283. The minimum Gasteiger partial charge on any atom is -0.496 e. The molecule has 0 spiro atoms. The molecule has 0 heterocycles. The summed E-state index contributed by atoms with van der Waals surface area (Å²) in [5.41, 5.74) is 0.959. The number of carbonyl (C=O) groups excluding carboxylic acids is 2. The molecule has 1 aromatic rings. The number of rotatable bonds is 7. The normalized spacial score (nSPS) is 10.0. The third-order valence-corrected chi connectivity index (χ3v) is 3.60. The molecule has 0 saturated heterocycles. The molecule has 0 bridgehead atoms. The summed E-state index contributed by atoms with van der Waals surface area (Å²) in [6, 6.07) is 4.70. The van der Waals surface area contributed by atoms with Gasteiger partial charge < -0.3 is 20.3 Å². The fraction of sp³-hybridized carbons (Fsp3) is 0.467. The lowest BCUT2D eigenvalue weighted by Gasteiger charge is -2.15. The smallest absolute Gasteiger partial charge is 0.319 e. The molecular weight excluding hydrogens is 302 g/mol. The summed E-state index contributed by atoms with van der Waals surface area (Å²) < 4.78 is 5.19. The largest absolute Gasteiger partial charge is 0.496 e. The molecule has 0 aliphatic rings. The highest BCUT2D eigenvalue weighted by atomic mass is 32.2. The van der Waals surface area contributed by atoms with Gasteiger partial charge in [0.1, 0.15) is 5.75 Å². The maximum atomic E-state index is 12.1. The Kier molecular flexibility index (Phi) is 7.59. The summed E-state index contributed by atoms with van der Waals surface area (Å²) in [5.74, 6) is 1.30. The van der Waals surface area contributed by atoms with Gasteiger partial charge in [-0.3, -0.25) is 4.79 Å². The molecule has 122 valence electrons. The lowest BCUT2D eigenvalue weighted by atomic mass is 10.1. The summed E-state index contributed by atoms with van der Waals surface area (Å²) in [6.07, 6.45) is 2.95. The number of urea groups is 1. The van der Waals surface area contributed by atoms with Crippen LogP contribution in [0.3, 0.4) is 0 Å². The van der Waals surface area contributed by atoms with E-state index in [9.17, 15) is 9.59 Å². The summed E-state index contributed by atoms with van der Waals surface area (Å²) in [5, 5.41) is 5.50. The van der Waals surface area contributed by atoms with Gasteiger partial charge in [-0.05, 0) is 36.6 Å². The third kappa shape index (κ3) is 5.48. The maximum absolute atomic E-state index is 12.1. The summed E-state index contributed by atoms with van der Waals surface area (Å²) in [6.45, 7) is 0.617. The van der Waals surface area contributed by atoms with Crippen molar-refractivity contribution < 1.29 is 14.3 Å². The van der Waals surface area contributed by atoms with E-state index >= 15 is 0 Å². The number of nitrogens with zero attached hydrogens (tertiary/aromatic N) is 1. The van der Waals surface area contributed by atoms with E-state index in [2.05, 4.69) is 10.6 Å². The number of carbonyl (C=O) groups is 2. The molecule has 0 saturated carbocycles. The van der Waals surface area contributed by atoms with Gasteiger partial charge in [-0.15, -0.1) is 0 Å². The molecule has 0 aliphatic heterocycles. The zero-order valence-corrected chi connectivity index (χ0v) is 14.3. The molecule has 0 aliphatic carbocycles. The van der Waals surface area contributed by atoms with Crippen molar-refractivity contribution in [3.05, 3.63) is 23.8 Å². The monoisotopic (exact) mass is 325 g/mol. The van der Waals surface area contributed by atoms with E-state index in [1.807, 2.05) is 6.26 Å². The lowest BCUT2D eigenvalue weighted by Crippen LogP contribution is -2.30. The molecule has 3 amide bonds. The van der Waals surface area contributed by atoms with Crippen molar-refractivity contribution >= 4 is 29.4 Å². The first-order valence-corrected chi connectivity index (χ1v) is 8.32. The van der Waals surface area contributed by atoms with E-state index in [1.54, 1.807) is 44.1 Å². The molecule has 2 N–H and O–H groups in total. The Balaban J connectivity index is 2.73. The van der Waals surface area contributed by atoms with Gasteiger partial charge in [0, 0.05) is 26.3 Å². The second-order valence-electron chi connectivity index (χ2n) is 4.84. The first-order valence-electron chi connectivity index (χ1n) is 6.93. The highest BCUT2D eigenvalue weighted by Crippen LogP contribution is 2.23. The molecule has 0 aromatic heterocycles. The summed E-state index contributed by atoms with van der Waals surface area (Å²) in [7, 11) is 4.84. The first-order chi connectivity index (χ1) is 10.5. The fourth-order valence-corrected chi connectivity index (χ4v) is 2.22. The van der Waals surface area contributed by atoms with Gasteiger partial charge in [0.15, 0.2) is 0 Å². The Hall–Kier alpha value is -1.89. The molecule has 1 rings (SSSR count). The third-order valence-electron chi connectivity index (χ3n) is 2.90. The Labute approximate surface area is 135 Å². The van der Waals surface area contributed by atoms with Crippen LogP contribution in [0.25, 0.3) is 0 Å². The van der Waals surface area contributed by atoms with Gasteiger partial charge in [-0.25, -0.2) is 4.79 Å². The van der Waals surface area contributed by atoms with Crippen molar-refractivity contribution in [2.24, 2.45) is 0 Å². The van der Waals surface area contributed by atoms with Crippen LogP contribution in [-0.2, 0) is 0 Å². The minimum absolute atomic E-state index is 0.180. The van der Waals surface area contributed by atoms with E-state index in [-0.39, 0.29) is 11.9 Å². The second-order valence-corrected chi connectivity index (χ2v) is 5.83. The topological polar surface area (TPSA) is 70.7 Å². The number of methoxy groups -OCH3 is 1. The zero-order chi connectivity index (χ0) is 16.5. The molecular formula is C15H23N3O3S. The van der Waals surface area contributed by atoms with Crippen molar-refractivity contribution in [2.45, 2.75) is 6.42 Å². The van der Waals surface area contributed by atoms with E-state index in [0.29, 0.717) is 23.5 Å². The second kappa shape index (κ2) is 9.19. The molecule has 1 aromatic carbocycles. The van der Waals surface area contributed by atoms with Gasteiger partial charge in [0.05, 0.1) is 12.7 Å². The van der Waals surface area contributed by atoms with Crippen LogP contribution in [0.2, 0.25) is 0 Å². The first kappa shape index (κ1) is 18.2.